The van der Waals surface area contributed by atoms with E-state index in [1.807, 2.05) is 24.4 Å². The van der Waals surface area contributed by atoms with Gasteiger partial charge in [-0.2, -0.15) is 0 Å². The van der Waals surface area contributed by atoms with Gasteiger partial charge in [0.1, 0.15) is 5.82 Å². The van der Waals surface area contributed by atoms with Crippen molar-refractivity contribution in [3.8, 4) is 11.4 Å². The molecule has 0 bridgehead atoms. The number of hydrogen-bond donors (Lipinski definition) is 2. The highest BCUT2D eigenvalue weighted by atomic mass is 32.1. The topological polar surface area (TPSA) is 87.7 Å². The zero-order valence-electron chi connectivity index (χ0n) is 14.7. The van der Waals surface area contributed by atoms with Crippen molar-refractivity contribution in [2.45, 2.75) is 32.7 Å². The van der Waals surface area contributed by atoms with Crippen LogP contribution in [0.1, 0.15) is 35.5 Å². The maximum atomic E-state index is 12.5. The van der Waals surface area contributed by atoms with Crippen LogP contribution in [0.4, 0.5) is 0 Å². The number of aryl methyl sites for hydroxylation is 1. The fourth-order valence-electron chi connectivity index (χ4n) is 2.73. The number of hydrogen-bond acceptors (Lipinski definition) is 5. The third-order valence-corrected chi connectivity index (χ3v) is 5.13. The number of carbonyl (C=O) groups is 1. The molecule has 3 heterocycles. The summed E-state index contributed by atoms with van der Waals surface area (Å²) >= 11 is 1.61. The Morgan fingerprint density at radius 3 is 2.69 bits per heavy atom. The van der Waals surface area contributed by atoms with Gasteiger partial charge in [0, 0.05) is 34.1 Å². The number of nitrogens with one attached hydrogen (secondary N) is 2. The van der Waals surface area contributed by atoms with Crippen LogP contribution in [0.5, 0.6) is 0 Å². The highest BCUT2D eigenvalue weighted by molar-refractivity contribution is 7.10. The van der Waals surface area contributed by atoms with Crippen LogP contribution in [-0.2, 0) is 11.2 Å². The number of amides is 1. The Morgan fingerprint density at radius 2 is 2.08 bits per heavy atom. The molecule has 0 aliphatic heterocycles. The summed E-state index contributed by atoms with van der Waals surface area (Å²) in [4.78, 5) is 37.2. The molecule has 134 valence electrons. The molecule has 0 aromatic carbocycles. The van der Waals surface area contributed by atoms with Crippen LogP contribution >= 0.6 is 11.3 Å². The van der Waals surface area contributed by atoms with Gasteiger partial charge in [-0.05, 0) is 36.9 Å². The minimum absolute atomic E-state index is 0.00661. The lowest BCUT2D eigenvalue weighted by atomic mass is 10.1. The molecule has 0 radical (unpaired) electrons. The van der Waals surface area contributed by atoms with Gasteiger partial charge in [0.05, 0.1) is 12.5 Å². The van der Waals surface area contributed by atoms with Gasteiger partial charge in [-0.25, -0.2) is 4.98 Å². The lowest BCUT2D eigenvalue weighted by molar-refractivity contribution is -0.121. The van der Waals surface area contributed by atoms with Crippen LogP contribution in [0.25, 0.3) is 11.4 Å². The van der Waals surface area contributed by atoms with Crippen LogP contribution < -0.4 is 10.9 Å². The Labute approximate surface area is 155 Å². The third kappa shape index (κ3) is 4.05. The third-order valence-electron chi connectivity index (χ3n) is 4.14. The number of H-pyrrole nitrogens is 1. The van der Waals surface area contributed by atoms with E-state index < -0.39 is 0 Å². The van der Waals surface area contributed by atoms with E-state index in [4.69, 9.17) is 0 Å². The predicted octanol–water partition coefficient (Wildman–Crippen LogP) is 3.01. The second kappa shape index (κ2) is 8.05. The number of pyridine rings is 1. The Hall–Kier alpha value is -2.80. The van der Waals surface area contributed by atoms with Crippen molar-refractivity contribution >= 4 is 17.2 Å². The summed E-state index contributed by atoms with van der Waals surface area (Å²) in [7, 11) is 0. The molecule has 0 fully saturated rings. The fourth-order valence-corrected chi connectivity index (χ4v) is 3.60. The van der Waals surface area contributed by atoms with Crippen LogP contribution in [0.2, 0.25) is 0 Å². The van der Waals surface area contributed by atoms with E-state index in [9.17, 15) is 9.59 Å². The normalized spacial score (nSPS) is 11.9. The number of thiophene rings is 1. The first-order chi connectivity index (χ1) is 12.6. The lowest BCUT2D eigenvalue weighted by Crippen LogP contribution is -2.31. The van der Waals surface area contributed by atoms with Crippen LogP contribution in [-0.4, -0.2) is 20.9 Å². The predicted molar refractivity (Wildman–Crippen MR) is 102 cm³/mol. The molecule has 0 saturated carbocycles. The molecule has 1 unspecified atom stereocenters. The molecular weight excluding hydrogens is 348 g/mol. The monoisotopic (exact) mass is 368 g/mol. The fraction of sp³-hybridized carbons (Fsp3) is 0.263. The van der Waals surface area contributed by atoms with E-state index in [0.29, 0.717) is 17.1 Å². The maximum absolute atomic E-state index is 12.5. The average Bonchev–Trinajstić information content (AvgIpc) is 3.18. The molecular formula is C19H20N4O2S. The summed E-state index contributed by atoms with van der Waals surface area (Å²) in [5, 5.41) is 4.99. The summed E-state index contributed by atoms with van der Waals surface area (Å²) in [5.41, 5.74) is 1.44. The largest absolute Gasteiger partial charge is 0.348 e. The highest BCUT2D eigenvalue weighted by Crippen LogP contribution is 2.21. The molecule has 0 spiro atoms. The quantitative estimate of drug-likeness (QED) is 0.700. The first-order valence-corrected chi connectivity index (χ1v) is 9.29. The van der Waals surface area contributed by atoms with Gasteiger partial charge in [-0.3, -0.25) is 14.6 Å². The van der Waals surface area contributed by atoms with Gasteiger partial charge in [0.25, 0.3) is 5.56 Å². The van der Waals surface area contributed by atoms with E-state index in [-0.39, 0.29) is 23.9 Å². The Kier molecular flexibility index (Phi) is 5.58. The van der Waals surface area contributed by atoms with E-state index >= 15 is 0 Å². The van der Waals surface area contributed by atoms with Gasteiger partial charge < -0.3 is 10.3 Å². The molecule has 26 heavy (non-hydrogen) atoms. The number of aromatic nitrogens is 3. The minimum Gasteiger partial charge on any atom is -0.348 e. The van der Waals surface area contributed by atoms with E-state index in [1.165, 1.54) is 0 Å². The van der Waals surface area contributed by atoms with Crippen molar-refractivity contribution in [2.24, 2.45) is 0 Å². The van der Waals surface area contributed by atoms with Crippen LogP contribution in [0.3, 0.4) is 0 Å². The first kappa shape index (κ1) is 18.0. The molecule has 7 heteroatoms. The van der Waals surface area contributed by atoms with E-state index in [1.54, 1.807) is 42.8 Å². The minimum atomic E-state index is -0.288. The Balaban J connectivity index is 1.77. The Morgan fingerprint density at radius 1 is 1.31 bits per heavy atom. The van der Waals surface area contributed by atoms with Crippen molar-refractivity contribution in [3.63, 3.8) is 0 Å². The summed E-state index contributed by atoms with van der Waals surface area (Å²) in [6.07, 6.45) is 4.08. The maximum Gasteiger partial charge on any atom is 0.255 e. The standard InChI is InChI=1S/C19H20N4O2S/c1-3-15(16-5-4-10-26-16)22-17(24)11-14-12(2)21-18(23-19(14)25)13-6-8-20-9-7-13/h4-10,15H,3,11H2,1-2H3,(H,22,24)(H,21,23,25). The number of nitrogens with zero attached hydrogens (tertiary/aromatic N) is 2. The van der Waals surface area contributed by atoms with Gasteiger partial charge >= 0.3 is 0 Å². The highest BCUT2D eigenvalue weighted by Gasteiger charge is 2.17. The van der Waals surface area contributed by atoms with E-state index in [0.717, 1.165) is 16.9 Å². The van der Waals surface area contributed by atoms with E-state index in [2.05, 4.69) is 20.3 Å². The molecule has 2 N–H and O–H groups in total. The zero-order valence-corrected chi connectivity index (χ0v) is 15.5. The molecule has 1 amide bonds. The molecule has 0 aliphatic carbocycles. The average molecular weight is 368 g/mol. The van der Waals surface area contributed by atoms with Crippen LogP contribution in [0.15, 0.2) is 46.8 Å². The first-order valence-electron chi connectivity index (χ1n) is 8.41. The second-order valence-corrected chi connectivity index (χ2v) is 6.91. The zero-order chi connectivity index (χ0) is 18.5. The molecule has 3 aromatic rings. The summed E-state index contributed by atoms with van der Waals surface area (Å²) in [5.74, 6) is 0.293. The van der Waals surface area contributed by atoms with Gasteiger partial charge in [-0.15, -0.1) is 11.3 Å². The Bertz CT molecular complexity index is 936. The molecule has 1 atom stereocenters. The smallest absolute Gasteiger partial charge is 0.255 e. The SMILES string of the molecule is CCC(NC(=O)Cc1c(C)nc(-c2ccncc2)[nH]c1=O)c1cccs1. The number of aromatic amines is 1. The van der Waals surface area contributed by atoms with Crippen molar-refractivity contribution < 1.29 is 4.79 Å². The molecule has 3 rings (SSSR count). The summed E-state index contributed by atoms with van der Waals surface area (Å²) < 4.78 is 0. The van der Waals surface area contributed by atoms with Gasteiger partial charge in [0.15, 0.2) is 0 Å². The molecule has 0 saturated heterocycles. The van der Waals surface area contributed by atoms with Crippen molar-refractivity contribution in [1.29, 1.82) is 0 Å². The van der Waals surface area contributed by atoms with Crippen molar-refractivity contribution in [1.82, 2.24) is 20.3 Å². The number of rotatable bonds is 6. The van der Waals surface area contributed by atoms with Gasteiger partial charge in [-0.1, -0.05) is 13.0 Å². The molecule has 3 aromatic heterocycles. The van der Waals surface area contributed by atoms with Crippen molar-refractivity contribution in [3.05, 3.63) is 68.5 Å². The lowest BCUT2D eigenvalue weighted by Gasteiger charge is -2.15. The number of carbonyl (C=O) groups excluding carboxylic acids is 1. The second-order valence-electron chi connectivity index (χ2n) is 5.93. The summed E-state index contributed by atoms with van der Waals surface area (Å²) in [6.45, 7) is 3.77. The molecule has 6 nitrogen and oxygen atoms in total. The van der Waals surface area contributed by atoms with Gasteiger partial charge in [0.2, 0.25) is 5.91 Å². The summed E-state index contributed by atoms with van der Waals surface area (Å²) in [6, 6.07) is 7.48. The molecule has 0 aliphatic rings. The van der Waals surface area contributed by atoms with Crippen molar-refractivity contribution in [2.75, 3.05) is 0 Å². The van der Waals surface area contributed by atoms with Crippen LogP contribution in [0, 0.1) is 6.92 Å².